The first-order valence-electron chi connectivity index (χ1n) is 6.11. The van der Waals surface area contributed by atoms with Crippen LogP contribution in [0.25, 0.3) is 0 Å². The lowest BCUT2D eigenvalue weighted by Crippen LogP contribution is -2.44. The second-order valence-corrected chi connectivity index (χ2v) is 4.55. The number of likely N-dealkylation sites (tertiary alicyclic amines) is 1. The maximum absolute atomic E-state index is 12.7. The van der Waals surface area contributed by atoms with E-state index in [1.165, 1.54) is 17.0 Å². The summed E-state index contributed by atoms with van der Waals surface area (Å²) in [5.74, 6) is -0.228. The number of piperidine rings is 1. The molecule has 1 fully saturated rings. The Bertz CT molecular complexity index is 400. The summed E-state index contributed by atoms with van der Waals surface area (Å²) in [5, 5.41) is 12.2. The van der Waals surface area contributed by atoms with Gasteiger partial charge in [-0.15, -0.1) is 0 Å². The van der Waals surface area contributed by atoms with E-state index in [1.54, 1.807) is 12.1 Å². The molecule has 1 heterocycles. The van der Waals surface area contributed by atoms with Gasteiger partial charge in [-0.05, 0) is 30.5 Å². The Morgan fingerprint density at radius 3 is 2.50 bits per heavy atom. The first-order valence-corrected chi connectivity index (χ1v) is 6.11. The van der Waals surface area contributed by atoms with Crippen molar-refractivity contribution < 1.29 is 14.3 Å². The molecule has 1 saturated heterocycles. The third-order valence-corrected chi connectivity index (χ3v) is 3.27. The molecular weight excluding hydrogens is 235 g/mol. The lowest BCUT2D eigenvalue weighted by atomic mass is 10.0. The number of hydrogen-bond acceptors (Lipinski definition) is 2. The summed E-state index contributed by atoms with van der Waals surface area (Å²) in [4.78, 5) is 12.2. The van der Waals surface area contributed by atoms with Crippen molar-refractivity contribution in [2.45, 2.75) is 25.4 Å². The lowest BCUT2D eigenvalue weighted by molar-refractivity contribution is 0.129. The molecule has 1 aromatic carbocycles. The van der Waals surface area contributed by atoms with Crippen molar-refractivity contribution in [2.24, 2.45) is 0 Å². The Balaban J connectivity index is 1.75. The standard InChI is InChI=1S/C13H17FN2O2/c14-11-3-1-10(2-4-11)9-15-12-5-7-16(8-6-12)13(17)18/h1-4,12,15H,5-9H2,(H,17,18). The zero-order chi connectivity index (χ0) is 13.0. The topological polar surface area (TPSA) is 52.6 Å². The van der Waals surface area contributed by atoms with Gasteiger partial charge in [-0.3, -0.25) is 0 Å². The number of nitrogens with one attached hydrogen (secondary N) is 1. The van der Waals surface area contributed by atoms with E-state index >= 15 is 0 Å². The third-order valence-electron chi connectivity index (χ3n) is 3.27. The van der Waals surface area contributed by atoms with Crippen LogP contribution in [0, 0.1) is 5.82 Å². The van der Waals surface area contributed by atoms with Crippen molar-refractivity contribution in [3.05, 3.63) is 35.6 Å². The SMILES string of the molecule is O=C(O)N1CCC(NCc2ccc(F)cc2)CC1. The molecule has 1 amide bonds. The van der Waals surface area contributed by atoms with E-state index in [0.717, 1.165) is 18.4 Å². The first-order chi connectivity index (χ1) is 8.65. The molecule has 2 rings (SSSR count). The van der Waals surface area contributed by atoms with Crippen LogP contribution < -0.4 is 5.32 Å². The van der Waals surface area contributed by atoms with Crippen molar-refractivity contribution in [1.29, 1.82) is 0 Å². The van der Waals surface area contributed by atoms with Gasteiger partial charge in [-0.2, -0.15) is 0 Å². The van der Waals surface area contributed by atoms with Gasteiger partial charge in [-0.1, -0.05) is 12.1 Å². The molecule has 1 aliphatic heterocycles. The van der Waals surface area contributed by atoms with Crippen LogP contribution in [0.1, 0.15) is 18.4 Å². The van der Waals surface area contributed by atoms with Crippen LogP contribution in [-0.4, -0.2) is 35.2 Å². The van der Waals surface area contributed by atoms with Gasteiger partial charge < -0.3 is 15.3 Å². The number of nitrogens with zero attached hydrogens (tertiary/aromatic N) is 1. The highest BCUT2D eigenvalue weighted by atomic mass is 19.1. The summed E-state index contributed by atoms with van der Waals surface area (Å²) in [6.07, 6.45) is 0.813. The molecule has 18 heavy (non-hydrogen) atoms. The number of amides is 1. The summed E-state index contributed by atoms with van der Waals surface area (Å²) in [6, 6.07) is 6.75. The van der Waals surface area contributed by atoms with E-state index in [0.29, 0.717) is 25.7 Å². The molecule has 5 heteroatoms. The molecule has 4 nitrogen and oxygen atoms in total. The highest BCUT2D eigenvalue weighted by molar-refractivity contribution is 5.65. The minimum Gasteiger partial charge on any atom is -0.465 e. The zero-order valence-electron chi connectivity index (χ0n) is 10.1. The molecule has 0 radical (unpaired) electrons. The van der Waals surface area contributed by atoms with Crippen LogP contribution >= 0.6 is 0 Å². The number of rotatable bonds is 3. The highest BCUT2D eigenvalue weighted by Gasteiger charge is 2.21. The third kappa shape index (κ3) is 3.43. The van der Waals surface area contributed by atoms with Gasteiger partial charge in [0.25, 0.3) is 0 Å². The Labute approximate surface area is 105 Å². The summed E-state index contributed by atoms with van der Waals surface area (Å²) < 4.78 is 12.7. The van der Waals surface area contributed by atoms with E-state index in [2.05, 4.69) is 5.32 Å². The fourth-order valence-electron chi connectivity index (χ4n) is 2.14. The number of halogens is 1. The van der Waals surface area contributed by atoms with Gasteiger partial charge in [0.2, 0.25) is 0 Å². The fraction of sp³-hybridized carbons (Fsp3) is 0.462. The van der Waals surface area contributed by atoms with Crippen molar-refractivity contribution >= 4 is 6.09 Å². The smallest absolute Gasteiger partial charge is 0.407 e. The van der Waals surface area contributed by atoms with Crippen molar-refractivity contribution in [3.8, 4) is 0 Å². The van der Waals surface area contributed by atoms with Crippen molar-refractivity contribution in [3.63, 3.8) is 0 Å². The van der Waals surface area contributed by atoms with Crippen LogP contribution in [0.4, 0.5) is 9.18 Å². The molecule has 2 N–H and O–H groups in total. The monoisotopic (exact) mass is 252 g/mol. The van der Waals surface area contributed by atoms with Crippen LogP contribution in [0.3, 0.4) is 0 Å². The minimum absolute atomic E-state index is 0.228. The molecule has 0 atom stereocenters. The maximum Gasteiger partial charge on any atom is 0.407 e. The summed E-state index contributed by atoms with van der Waals surface area (Å²) in [6.45, 7) is 1.85. The van der Waals surface area contributed by atoms with Crippen LogP contribution in [0.5, 0.6) is 0 Å². The molecule has 98 valence electrons. The highest BCUT2D eigenvalue weighted by Crippen LogP contribution is 2.11. The van der Waals surface area contributed by atoms with Crippen molar-refractivity contribution in [1.82, 2.24) is 10.2 Å². The van der Waals surface area contributed by atoms with Gasteiger partial charge in [0.05, 0.1) is 0 Å². The average Bonchev–Trinajstić information content (AvgIpc) is 2.38. The Morgan fingerprint density at radius 1 is 1.33 bits per heavy atom. The number of hydrogen-bond donors (Lipinski definition) is 2. The number of carbonyl (C=O) groups is 1. The predicted molar refractivity (Wildman–Crippen MR) is 65.9 cm³/mol. The summed E-state index contributed by atoms with van der Waals surface area (Å²) >= 11 is 0. The van der Waals surface area contributed by atoms with E-state index in [1.807, 2.05) is 0 Å². The lowest BCUT2D eigenvalue weighted by Gasteiger charge is -2.30. The largest absolute Gasteiger partial charge is 0.465 e. The average molecular weight is 252 g/mol. The van der Waals surface area contributed by atoms with Gasteiger partial charge in [0.15, 0.2) is 0 Å². The van der Waals surface area contributed by atoms with Crippen molar-refractivity contribution in [2.75, 3.05) is 13.1 Å². The predicted octanol–water partition coefficient (Wildman–Crippen LogP) is 2.06. The molecular formula is C13H17FN2O2. The molecule has 0 spiro atoms. The van der Waals surface area contributed by atoms with Gasteiger partial charge in [0, 0.05) is 25.7 Å². The normalized spacial score (nSPS) is 16.8. The minimum atomic E-state index is -0.841. The maximum atomic E-state index is 12.7. The first kappa shape index (κ1) is 12.8. The number of benzene rings is 1. The molecule has 0 aliphatic carbocycles. The molecule has 1 aromatic rings. The zero-order valence-corrected chi connectivity index (χ0v) is 10.1. The van der Waals surface area contributed by atoms with Crippen LogP contribution in [0.15, 0.2) is 24.3 Å². The fourth-order valence-corrected chi connectivity index (χ4v) is 2.14. The second-order valence-electron chi connectivity index (χ2n) is 4.55. The van der Waals surface area contributed by atoms with Gasteiger partial charge >= 0.3 is 6.09 Å². The molecule has 0 unspecified atom stereocenters. The molecule has 0 bridgehead atoms. The molecule has 0 aromatic heterocycles. The summed E-state index contributed by atoms with van der Waals surface area (Å²) in [5.41, 5.74) is 1.04. The Morgan fingerprint density at radius 2 is 1.94 bits per heavy atom. The summed E-state index contributed by atoms with van der Waals surface area (Å²) in [7, 11) is 0. The van der Waals surface area contributed by atoms with E-state index < -0.39 is 6.09 Å². The second kappa shape index (κ2) is 5.82. The van der Waals surface area contributed by atoms with E-state index in [4.69, 9.17) is 5.11 Å². The Hall–Kier alpha value is -1.62. The van der Waals surface area contributed by atoms with Gasteiger partial charge in [0.1, 0.15) is 5.82 Å². The molecule has 1 aliphatic rings. The van der Waals surface area contributed by atoms with Crippen LogP contribution in [0.2, 0.25) is 0 Å². The molecule has 0 saturated carbocycles. The van der Waals surface area contributed by atoms with E-state index in [-0.39, 0.29) is 5.82 Å². The number of carboxylic acid groups (broad SMARTS) is 1. The van der Waals surface area contributed by atoms with Gasteiger partial charge in [-0.25, -0.2) is 9.18 Å². The Kier molecular flexibility index (Phi) is 4.15. The van der Waals surface area contributed by atoms with Crippen LogP contribution in [-0.2, 0) is 6.54 Å². The van der Waals surface area contributed by atoms with E-state index in [9.17, 15) is 9.18 Å². The quantitative estimate of drug-likeness (QED) is 0.865.